The van der Waals surface area contributed by atoms with Gasteiger partial charge in [0.2, 0.25) is 0 Å². The van der Waals surface area contributed by atoms with Crippen molar-refractivity contribution in [1.82, 2.24) is 10.2 Å². The zero-order chi connectivity index (χ0) is 15.9. The van der Waals surface area contributed by atoms with Gasteiger partial charge in [-0.25, -0.2) is 9.59 Å². The van der Waals surface area contributed by atoms with Gasteiger partial charge in [-0.15, -0.1) is 0 Å². The first kappa shape index (κ1) is 18.2. The summed E-state index contributed by atoms with van der Waals surface area (Å²) in [5.41, 5.74) is -0.691. The third-order valence-electron chi connectivity index (χ3n) is 2.44. The van der Waals surface area contributed by atoms with Gasteiger partial charge < -0.3 is 20.1 Å². The van der Waals surface area contributed by atoms with Crippen molar-refractivity contribution in [1.29, 1.82) is 0 Å². The Morgan fingerprint density at radius 1 is 1.20 bits per heavy atom. The molecule has 7 heteroatoms. The molecule has 0 radical (unpaired) electrons. The largest absolute Gasteiger partial charge is 0.480 e. The quantitative estimate of drug-likeness (QED) is 0.716. The number of nitrogens with zero attached hydrogens (tertiary/aromatic N) is 1. The molecule has 0 bridgehead atoms. The van der Waals surface area contributed by atoms with Crippen LogP contribution in [0.4, 0.5) is 4.79 Å². The molecule has 0 saturated heterocycles. The number of amides is 2. The third kappa shape index (κ3) is 6.96. The Kier molecular flexibility index (Phi) is 7.02. The number of aliphatic carboxylic acids is 1. The second kappa shape index (κ2) is 7.72. The molecular formula is C13H24N2O5. The fourth-order valence-electron chi connectivity index (χ4n) is 1.50. The number of esters is 1. The predicted octanol–water partition coefficient (Wildman–Crippen LogP) is 1.22. The van der Waals surface area contributed by atoms with Crippen LogP contribution in [0.5, 0.6) is 0 Å². The molecule has 0 unspecified atom stereocenters. The molecule has 0 heterocycles. The lowest BCUT2D eigenvalue weighted by Gasteiger charge is -2.24. The van der Waals surface area contributed by atoms with Crippen LogP contribution in [0.25, 0.3) is 0 Å². The van der Waals surface area contributed by atoms with E-state index in [4.69, 9.17) is 9.84 Å². The molecule has 2 amide bonds. The van der Waals surface area contributed by atoms with E-state index in [1.807, 2.05) is 0 Å². The summed E-state index contributed by atoms with van der Waals surface area (Å²) in [6.07, 6.45) is -0.403. The highest BCUT2D eigenvalue weighted by Gasteiger charge is 2.27. The molecule has 0 aromatic carbocycles. The monoisotopic (exact) mass is 288 g/mol. The Bertz CT molecular complexity index is 358. The van der Waals surface area contributed by atoms with E-state index in [2.05, 4.69) is 5.32 Å². The van der Waals surface area contributed by atoms with Gasteiger partial charge in [-0.1, -0.05) is 0 Å². The summed E-state index contributed by atoms with van der Waals surface area (Å²) < 4.78 is 5.05. The van der Waals surface area contributed by atoms with Crippen LogP contribution in [-0.4, -0.2) is 52.7 Å². The number of rotatable bonds is 6. The fraction of sp³-hybridized carbons (Fsp3) is 0.769. The highest BCUT2D eigenvalue weighted by atomic mass is 16.6. The molecule has 0 spiro atoms. The average Bonchev–Trinajstić information content (AvgIpc) is 2.26. The van der Waals surface area contributed by atoms with E-state index < -0.39 is 36.0 Å². The maximum atomic E-state index is 11.8. The van der Waals surface area contributed by atoms with Gasteiger partial charge in [0.05, 0.1) is 6.42 Å². The molecule has 0 aliphatic heterocycles. The molecule has 0 rings (SSSR count). The lowest BCUT2D eigenvalue weighted by molar-refractivity contribution is -0.158. The van der Waals surface area contributed by atoms with Crippen molar-refractivity contribution in [2.24, 2.45) is 0 Å². The van der Waals surface area contributed by atoms with E-state index in [0.717, 1.165) is 0 Å². The SMILES string of the molecule is CCN(CC)C(=O)N[C@@H](CC(=O)OC(C)(C)C)C(=O)O. The van der Waals surface area contributed by atoms with E-state index in [9.17, 15) is 14.4 Å². The second-order valence-electron chi connectivity index (χ2n) is 5.30. The number of carbonyl (C=O) groups is 3. The lowest BCUT2D eigenvalue weighted by Crippen LogP contribution is -2.49. The van der Waals surface area contributed by atoms with Crippen molar-refractivity contribution in [3.63, 3.8) is 0 Å². The second-order valence-corrected chi connectivity index (χ2v) is 5.30. The summed E-state index contributed by atoms with van der Waals surface area (Å²) in [6.45, 7) is 9.56. The summed E-state index contributed by atoms with van der Waals surface area (Å²) in [5.74, 6) is -1.93. The van der Waals surface area contributed by atoms with Crippen molar-refractivity contribution < 1.29 is 24.2 Å². The minimum atomic E-state index is -1.29. The first-order valence-electron chi connectivity index (χ1n) is 6.60. The van der Waals surface area contributed by atoms with Gasteiger partial charge in [-0.3, -0.25) is 4.79 Å². The number of carboxylic acids is 1. The predicted molar refractivity (Wildman–Crippen MR) is 73.3 cm³/mol. The fourth-order valence-corrected chi connectivity index (χ4v) is 1.50. The number of hydrogen-bond donors (Lipinski definition) is 2. The van der Waals surface area contributed by atoms with Crippen LogP contribution in [-0.2, 0) is 14.3 Å². The number of urea groups is 1. The first-order valence-corrected chi connectivity index (χ1v) is 6.60. The molecule has 0 saturated carbocycles. The Hall–Kier alpha value is -1.79. The molecule has 0 aromatic heterocycles. The smallest absolute Gasteiger partial charge is 0.326 e. The summed E-state index contributed by atoms with van der Waals surface area (Å²) in [7, 11) is 0. The lowest BCUT2D eigenvalue weighted by atomic mass is 10.1. The summed E-state index contributed by atoms with van der Waals surface area (Å²) in [4.78, 5) is 35.9. The molecule has 0 fully saturated rings. The number of hydrogen-bond acceptors (Lipinski definition) is 4. The van der Waals surface area contributed by atoms with Gasteiger partial charge in [-0.05, 0) is 34.6 Å². The number of carboxylic acid groups (broad SMARTS) is 1. The van der Waals surface area contributed by atoms with Crippen LogP contribution in [0, 0.1) is 0 Å². The topological polar surface area (TPSA) is 95.9 Å². The molecule has 116 valence electrons. The molecule has 0 aromatic rings. The molecule has 0 aliphatic carbocycles. The van der Waals surface area contributed by atoms with Crippen molar-refractivity contribution in [3.8, 4) is 0 Å². The summed E-state index contributed by atoms with van der Waals surface area (Å²) >= 11 is 0. The van der Waals surface area contributed by atoms with Gasteiger partial charge in [-0.2, -0.15) is 0 Å². The third-order valence-corrected chi connectivity index (χ3v) is 2.44. The van der Waals surface area contributed by atoms with E-state index in [1.165, 1.54) is 4.90 Å². The van der Waals surface area contributed by atoms with Crippen molar-refractivity contribution >= 4 is 18.0 Å². The molecular weight excluding hydrogens is 264 g/mol. The molecule has 2 N–H and O–H groups in total. The van der Waals surface area contributed by atoms with Crippen molar-refractivity contribution in [2.75, 3.05) is 13.1 Å². The number of ether oxygens (including phenoxy) is 1. The average molecular weight is 288 g/mol. The first-order chi connectivity index (χ1) is 9.10. The van der Waals surface area contributed by atoms with Crippen LogP contribution in [0.2, 0.25) is 0 Å². The van der Waals surface area contributed by atoms with E-state index in [-0.39, 0.29) is 0 Å². The zero-order valence-corrected chi connectivity index (χ0v) is 12.7. The molecule has 7 nitrogen and oxygen atoms in total. The zero-order valence-electron chi connectivity index (χ0n) is 12.7. The highest BCUT2D eigenvalue weighted by Crippen LogP contribution is 2.09. The maximum absolute atomic E-state index is 11.8. The van der Waals surface area contributed by atoms with E-state index in [1.54, 1.807) is 34.6 Å². The molecule has 20 heavy (non-hydrogen) atoms. The summed E-state index contributed by atoms with van der Waals surface area (Å²) in [5, 5.41) is 11.4. The van der Waals surface area contributed by atoms with Crippen LogP contribution >= 0.6 is 0 Å². The molecule has 0 aliphatic rings. The van der Waals surface area contributed by atoms with Gasteiger partial charge in [0.25, 0.3) is 0 Å². The standard InChI is InChI=1S/C13H24N2O5/c1-6-15(7-2)12(19)14-9(11(17)18)8-10(16)20-13(3,4)5/h9H,6-8H2,1-5H3,(H,14,19)(H,17,18)/t9-/m0/s1. The Labute approximate surface area is 119 Å². The Morgan fingerprint density at radius 2 is 1.70 bits per heavy atom. The minimum absolute atomic E-state index is 0.403. The van der Waals surface area contributed by atoms with Crippen LogP contribution in [0.15, 0.2) is 0 Å². The number of nitrogens with one attached hydrogen (secondary N) is 1. The van der Waals surface area contributed by atoms with Gasteiger partial charge in [0.1, 0.15) is 11.6 Å². The van der Waals surface area contributed by atoms with E-state index in [0.29, 0.717) is 13.1 Å². The summed E-state index contributed by atoms with van der Waals surface area (Å²) in [6, 6.07) is -1.80. The van der Waals surface area contributed by atoms with E-state index >= 15 is 0 Å². The van der Waals surface area contributed by atoms with Crippen molar-refractivity contribution in [3.05, 3.63) is 0 Å². The normalized spacial score (nSPS) is 12.4. The van der Waals surface area contributed by atoms with Gasteiger partial charge in [0, 0.05) is 13.1 Å². The molecule has 1 atom stereocenters. The van der Waals surface area contributed by atoms with Crippen LogP contribution in [0.1, 0.15) is 41.0 Å². The van der Waals surface area contributed by atoms with Crippen molar-refractivity contribution in [2.45, 2.75) is 52.7 Å². The van der Waals surface area contributed by atoms with Crippen LogP contribution < -0.4 is 5.32 Å². The maximum Gasteiger partial charge on any atom is 0.326 e. The minimum Gasteiger partial charge on any atom is -0.480 e. The van der Waals surface area contributed by atoms with Gasteiger partial charge >= 0.3 is 18.0 Å². The Morgan fingerprint density at radius 3 is 2.05 bits per heavy atom. The highest BCUT2D eigenvalue weighted by molar-refractivity contribution is 5.86. The number of carbonyl (C=O) groups excluding carboxylic acids is 2. The Balaban J connectivity index is 4.63. The van der Waals surface area contributed by atoms with Gasteiger partial charge in [0.15, 0.2) is 0 Å². The van der Waals surface area contributed by atoms with Crippen LogP contribution in [0.3, 0.4) is 0 Å².